The Balaban J connectivity index is 0.000000172. The molecule has 6 aromatic carbocycles. The van der Waals surface area contributed by atoms with Gasteiger partial charge in [0, 0.05) is 30.3 Å². The quantitative estimate of drug-likeness (QED) is 0.0495. The van der Waals surface area contributed by atoms with Gasteiger partial charge < -0.3 is 45.6 Å². The summed E-state index contributed by atoms with van der Waals surface area (Å²) in [5.74, 6) is -11.0. The number of nitrogens with two attached hydrogens (primary N) is 1. The molecule has 0 aromatic heterocycles. The second kappa shape index (κ2) is 26.4. The molecular formula is C60H62Cl2F6N4O7. The minimum absolute atomic E-state index is 0.146. The summed E-state index contributed by atoms with van der Waals surface area (Å²) in [5, 5.41) is 33.3. The van der Waals surface area contributed by atoms with E-state index in [-0.39, 0.29) is 18.7 Å². The van der Waals surface area contributed by atoms with Crippen LogP contribution in [0.1, 0.15) is 85.8 Å². The van der Waals surface area contributed by atoms with E-state index < -0.39 is 64.7 Å². The highest BCUT2D eigenvalue weighted by molar-refractivity contribution is 6.32. The molecule has 0 radical (unpaired) electrons. The number of ether oxygens (including phenoxy) is 2. The van der Waals surface area contributed by atoms with E-state index in [1.54, 1.807) is 36.4 Å². The molecule has 2 heterocycles. The summed E-state index contributed by atoms with van der Waals surface area (Å²) in [7, 11) is 0. The number of aliphatic carboxylic acids is 1. The summed E-state index contributed by atoms with van der Waals surface area (Å²) in [6, 6.07) is 30.4. The molecule has 2 saturated carbocycles. The Morgan fingerprint density at radius 3 is 1.32 bits per heavy atom. The number of alkyl halides is 4. The molecule has 1 amide bonds. The fourth-order valence-corrected chi connectivity index (χ4v) is 9.64. The van der Waals surface area contributed by atoms with Crippen molar-refractivity contribution in [3.63, 3.8) is 0 Å². The molecule has 2 aliphatic heterocycles. The predicted molar refractivity (Wildman–Crippen MR) is 290 cm³/mol. The van der Waals surface area contributed by atoms with Gasteiger partial charge in [-0.25, -0.2) is 13.6 Å². The van der Waals surface area contributed by atoms with E-state index in [0.29, 0.717) is 55.5 Å². The molecule has 10 rings (SSSR count). The summed E-state index contributed by atoms with van der Waals surface area (Å²) in [5.41, 5.74) is 8.77. The van der Waals surface area contributed by atoms with Crippen molar-refractivity contribution in [1.82, 2.24) is 15.1 Å². The third-order valence-electron chi connectivity index (χ3n) is 14.1. The third kappa shape index (κ3) is 16.0. The number of likely N-dealkylation sites (tertiary alicyclic amines) is 2. The zero-order chi connectivity index (χ0) is 56.4. The number of carbonyl (C=O) groups excluding carboxylic acids is 1. The maximum absolute atomic E-state index is 15.3. The highest BCUT2D eigenvalue weighted by Crippen LogP contribution is 2.37. The van der Waals surface area contributed by atoms with Crippen molar-refractivity contribution in [2.45, 2.75) is 99.7 Å². The molecule has 19 heteroatoms. The van der Waals surface area contributed by atoms with E-state index in [1.807, 2.05) is 17.0 Å². The largest absolute Gasteiger partial charge is 0.489 e. The number of rotatable bonds is 19. The van der Waals surface area contributed by atoms with Crippen LogP contribution < -0.4 is 20.5 Å². The van der Waals surface area contributed by atoms with Crippen LogP contribution in [0.3, 0.4) is 0 Å². The second-order valence-electron chi connectivity index (χ2n) is 20.3. The number of carboxylic acids is 1. The highest BCUT2D eigenvalue weighted by atomic mass is 35.5. The monoisotopic (exact) mass is 1130 g/mol. The molecule has 2 aliphatic carbocycles. The smallest absolute Gasteiger partial charge is 0.379 e. The number of amides is 1. The minimum atomic E-state index is -3.92. The second-order valence-corrected chi connectivity index (χ2v) is 21.1. The van der Waals surface area contributed by atoms with Gasteiger partial charge in [0.2, 0.25) is 0 Å². The van der Waals surface area contributed by atoms with Gasteiger partial charge in [0.1, 0.15) is 29.2 Å². The van der Waals surface area contributed by atoms with E-state index in [2.05, 4.69) is 10.2 Å². The topological polar surface area (TPSA) is 158 Å². The van der Waals surface area contributed by atoms with Gasteiger partial charge in [-0.2, -0.15) is 17.6 Å². The molecule has 0 bridgehead atoms. The van der Waals surface area contributed by atoms with E-state index in [1.165, 1.54) is 85.6 Å². The highest BCUT2D eigenvalue weighted by Gasteiger charge is 2.43. The molecule has 4 atom stereocenters. The first kappa shape index (κ1) is 59.0. The zero-order valence-corrected chi connectivity index (χ0v) is 44.5. The molecular weight excluding hydrogens is 1070 g/mol. The SMILES string of the molecule is N[C@H](CN1CCCC1)[C@H](O)c1ccc(OC2CC2)c(Cl)c1.O=C(N[C@H](CN1CCCC1)[C@H](O)c1ccc(OC2CC2)c(Cl)c1)C(F)(F)c1ccc(-c2ccc(F)cc2)cc1.O=C(O)C(F)(F)c1ccc(-c2ccc(F)cc2)cc1. The van der Waals surface area contributed by atoms with Crippen molar-refractivity contribution >= 4 is 35.1 Å². The molecule has 0 spiro atoms. The van der Waals surface area contributed by atoms with E-state index in [4.69, 9.17) is 43.5 Å². The number of nitrogens with zero attached hydrogens (tertiary/aromatic N) is 2. The number of benzene rings is 6. The van der Waals surface area contributed by atoms with Gasteiger partial charge in [0.05, 0.1) is 34.4 Å². The lowest BCUT2D eigenvalue weighted by atomic mass is 9.99. The van der Waals surface area contributed by atoms with Gasteiger partial charge in [-0.3, -0.25) is 4.79 Å². The summed E-state index contributed by atoms with van der Waals surface area (Å²) in [6.45, 7) is 4.61. The van der Waals surface area contributed by atoms with Gasteiger partial charge in [-0.05, 0) is 159 Å². The molecule has 420 valence electrons. The Hall–Kier alpha value is -6.18. The molecule has 4 fully saturated rings. The van der Waals surface area contributed by atoms with Gasteiger partial charge >= 0.3 is 17.8 Å². The van der Waals surface area contributed by atoms with Crippen molar-refractivity contribution in [2.24, 2.45) is 5.73 Å². The maximum atomic E-state index is 15.3. The first-order valence-electron chi connectivity index (χ1n) is 26.3. The number of aliphatic hydroxyl groups is 2. The molecule has 2 saturated heterocycles. The fourth-order valence-electron chi connectivity index (χ4n) is 9.18. The Kier molecular flexibility index (Phi) is 19.7. The Bertz CT molecular complexity index is 2980. The van der Waals surface area contributed by atoms with Crippen LogP contribution >= 0.6 is 23.2 Å². The third-order valence-corrected chi connectivity index (χ3v) is 14.6. The molecule has 11 nitrogen and oxygen atoms in total. The van der Waals surface area contributed by atoms with Crippen LogP contribution in [0.2, 0.25) is 10.0 Å². The van der Waals surface area contributed by atoms with E-state index >= 15 is 8.78 Å². The van der Waals surface area contributed by atoms with Gasteiger partial charge in [-0.1, -0.05) is 108 Å². The number of aliphatic hydroxyl groups excluding tert-OH is 2. The zero-order valence-electron chi connectivity index (χ0n) is 43.0. The lowest BCUT2D eigenvalue weighted by molar-refractivity contribution is -0.166. The summed E-state index contributed by atoms with van der Waals surface area (Å²) < 4.78 is 94.5. The number of carbonyl (C=O) groups is 2. The Morgan fingerprint density at radius 2 is 0.937 bits per heavy atom. The van der Waals surface area contributed by atoms with Crippen LogP contribution in [0.4, 0.5) is 26.3 Å². The Labute approximate surface area is 464 Å². The first-order valence-corrected chi connectivity index (χ1v) is 27.0. The van der Waals surface area contributed by atoms with Gasteiger partial charge in [-0.15, -0.1) is 0 Å². The number of carboxylic acid groups (broad SMARTS) is 1. The number of hydrogen-bond acceptors (Lipinski definition) is 9. The van der Waals surface area contributed by atoms with Crippen molar-refractivity contribution < 1.29 is 60.7 Å². The standard InChI is InChI=1S/C30H30ClF3N2O3.C16H23ClN2O2.C14H9F3O2/c31-25-17-21(7-14-27(25)39-24-12-13-24)28(37)26(18-36-15-1-2-16-36)35-29(38)30(33,34)22-8-3-19(4-9-22)20-5-10-23(32)11-6-20;17-13-9-11(3-6-15(13)21-12-4-5-12)16(20)14(18)10-19-7-1-2-8-19;15-12-7-3-10(4-8-12)9-1-5-11(6-2-9)14(16,17)13(18)19/h3-11,14,17,24,26,28,37H,1-2,12-13,15-16,18H2,(H,35,38);3,6,9,12,14,16,20H,1-2,4-5,7-8,10,18H2;1-8H,(H,18,19)/t26-,28-;14-,16-;/m11./s1. The van der Waals surface area contributed by atoms with Crippen LogP contribution in [-0.4, -0.2) is 101 Å². The summed E-state index contributed by atoms with van der Waals surface area (Å²) >= 11 is 12.6. The van der Waals surface area contributed by atoms with E-state index in [9.17, 15) is 37.4 Å². The number of nitrogens with one attached hydrogen (secondary N) is 1. The summed E-state index contributed by atoms with van der Waals surface area (Å²) in [4.78, 5) is 27.7. The minimum Gasteiger partial charge on any atom is -0.489 e. The molecule has 79 heavy (non-hydrogen) atoms. The van der Waals surface area contributed by atoms with Crippen molar-refractivity contribution in [1.29, 1.82) is 0 Å². The molecule has 6 N–H and O–H groups in total. The van der Waals surface area contributed by atoms with Crippen molar-refractivity contribution in [3.8, 4) is 33.8 Å². The number of hydrogen-bond donors (Lipinski definition) is 5. The first-order chi connectivity index (χ1) is 37.7. The lowest BCUT2D eigenvalue weighted by Crippen LogP contribution is -2.50. The predicted octanol–water partition coefficient (Wildman–Crippen LogP) is 12.1. The van der Waals surface area contributed by atoms with Crippen LogP contribution in [0, 0.1) is 11.6 Å². The average molecular weight is 1140 g/mol. The van der Waals surface area contributed by atoms with Crippen LogP contribution in [0.5, 0.6) is 11.5 Å². The van der Waals surface area contributed by atoms with Gasteiger partial charge in [0.25, 0.3) is 5.91 Å². The molecule has 4 aliphatic rings. The normalized spacial score (nSPS) is 17.3. The average Bonchev–Trinajstić information content (AvgIpc) is 4.38. The molecule has 6 aromatic rings. The van der Waals surface area contributed by atoms with Crippen molar-refractivity contribution in [3.05, 3.63) is 177 Å². The van der Waals surface area contributed by atoms with E-state index in [0.717, 1.165) is 88.9 Å². The van der Waals surface area contributed by atoms with Gasteiger partial charge in [0.15, 0.2) is 0 Å². The Morgan fingerprint density at radius 1 is 0.570 bits per heavy atom. The maximum Gasteiger partial charge on any atom is 0.379 e. The summed E-state index contributed by atoms with van der Waals surface area (Å²) in [6.07, 6.45) is 7.01. The van der Waals surface area contributed by atoms with Crippen LogP contribution in [-0.2, 0) is 21.4 Å². The fraction of sp³-hybridized carbons (Fsp3) is 0.367. The molecule has 0 unspecified atom stereocenters. The number of halogens is 8. The van der Waals surface area contributed by atoms with Crippen molar-refractivity contribution in [2.75, 3.05) is 39.3 Å². The van der Waals surface area contributed by atoms with Crippen LogP contribution in [0.25, 0.3) is 22.3 Å². The van der Waals surface area contributed by atoms with Crippen LogP contribution in [0.15, 0.2) is 133 Å². The lowest BCUT2D eigenvalue weighted by Gasteiger charge is -2.30.